The predicted molar refractivity (Wildman–Crippen MR) is 70.5 cm³/mol. The third-order valence-electron chi connectivity index (χ3n) is 3.20. The molecule has 5 nitrogen and oxygen atoms in total. The Morgan fingerprint density at radius 2 is 1.89 bits per heavy atom. The molecule has 1 amide bonds. The zero-order valence-corrected chi connectivity index (χ0v) is 10.5. The lowest BCUT2D eigenvalue weighted by atomic mass is 10.2. The highest BCUT2D eigenvalue weighted by Crippen LogP contribution is 2.27. The average molecular weight is 249 g/mol. The van der Waals surface area contributed by atoms with E-state index in [9.17, 15) is 9.90 Å². The molecule has 2 rings (SSSR count). The molecule has 1 aromatic rings. The van der Waals surface area contributed by atoms with Gasteiger partial charge in [-0.1, -0.05) is 12.1 Å². The maximum absolute atomic E-state index is 11.7. The van der Waals surface area contributed by atoms with Crippen molar-refractivity contribution in [3.8, 4) is 5.75 Å². The van der Waals surface area contributed by atoms with E-state index in [1.165, 1.54) is 0 Å². The first kappa shape index (κ1) is 12.7. The molecule has 1 atom stereocenters. The number of nitrogens with zero attached hydrogens (tertiary/aromatic N) is 2. The van der Waals surface area contributed by atoms with Crippen LogP contribution in [0.2, 0.25) is 0 Å². The van der Waals surface area contributed by atoms with Crippen molar-refractivity contribution in [3.63, 3.8) is 0 Å². The summed E-state index contributed by atoms with van der Waals surface area (Å²) in [6, 6.07) is 6.82. The van der Waals surface area contributed by atoms with E-state index in [1.807, 2.05) is 12.1 Å². The summed E-state index contributed by atoms with van der Waals surface area (Å²) in [5.74, 6) is 0.274. The van der Waals surface area contributed by atoms with Crippen LogP contribution in [0.25, 0.3) is 0 Å². The van der Waals surface area contributed by atoms with Gasteiger partial charge in [-0.25, -0.2) is 0 Å². The smallest absolute Gasteiger partial charge is 0.239 e. The molecule has 0 aromatic heterocycles. The molecule has 0 bridgehead atoms. The molecule has 0 spiro atoms. The Balaban J connectivity index is 1.99. The van der Waals surface area contributed by atoms with E-state index in [-0.39, 0.29) is 11.7 Å². The van der Waals surface area contributed by atoms with Gasteiger partial charge in [-0.2, -0.15) is 0 Å². The second-order valence-electron chi connectivity index (χ2n) is 4.59. The SMILES string of the molecule is C[C@@H](N)C(=O)N1CCN(c2ccccc2O)CC1. The number of phenols is 1. The number of hydrogen-bond acceptors (Lipinski definition) is 4. The highest BCUT2D eigenvalue weighted by Gasteiger charge is 2.23. The van der Waals surface area contributed by atoms with E-state index < -0.39 is 6.04 Å². The number of hydrogen-bond donors (Lipinski definition) is 2. The van der Waals surface area contributed by atoms with Crippen molar-refractivity contribution in [2.45, 2.75) is 13.0 Å². The minimum atomic E-state index is -0.443. The van der Waals surface area contributed by atoms with Crippen molar-refractivity contribution in [2.24, 2.45) is 5.73 Å². The van der Waals surface area contributed by atoms with Gasteiger partial charge in [0, 0.05) is 26.2 Å². The molecular weight excluding hydrogens is 230 g/mol. The van der Waals surface area contributed by atoms with Crippen molar-refractivity contribution < 1.29 is 9.90 Å². The predicted octanol–water partition coefficient (Wildman–Crippen LogP) is 0.388. The largest absolute Gasteiger partial charge is 0.506 e. The van der Waals surface area contributed by atoms with E-state index in [0.717, 1.165) is 18.8 Å². The van der Waals surface area contributed by atoms with Crippen LogP contribution in [-0.4, -0.2) is 48.1 Å². The molecule has 1 aromatic carbocycles. The number of rotatable bonds is 2. The molecule has 0 aliphatic carbocycles. The molecule has 0 saturated carbocycles. The number of piperazine rings is 1. The molecule has 3 N–H and O–H groups in total. The maximum atomic E-state index is 11.7. The second-order valence-corrected chi connectivity index (χ2v) is 4.59. The van der Waals surface area contributed by atoms with Crippen LogP contribution in [0.15, 0.2) is 24.3 Å². The van der Waals surface area contributed by atoms with Gasteiger partial charge in [0.1, 0.15) is 5.75 Å². The summed E-state index contributed by atoms with van der Waals surface area (Å²) in [6.07, 6.45) is 0. The quantitative estimate of drug-likeness (QED) is 0.795. The number of carbonyl (C=O) groups is 1. The summed E-state index contributed by atoms with van der Waals surface area (Å²) in [4.78, 5) is 15.6. The Morgan fingerprint density at radius 1 is 1.28 bits per heavy atom. The Kier molecular flexibility index (Phi) is 3.72. The summed E-state index contributed by atoms with van der Waals surface area (Å²) < 4.78 is 0. The number of nitrogens with two attached hydrogens (primary N) is 1. The fraction of sp³-hybridized carbons (Fsp3) is 0.462. The van der Waals surface area contributed by atoms with Gasteiger partial charge in [-0.3, -0.25) is 4.79 Å². The van der Waals surface area contributed by atoms with Crippen molar-refractivity contribution in [1.29, 1.82) is 0 Å². The summed E-state index contributed by atoms with van der Waals surface area (Å²) >= 11 is 0. The van der Waals surface area contributed by atoms with Gasteiger partial charge >= 0.3 is 0 Å². The van der Waals surface area contributed by atoms with E-state index >= 15 is 0 Å². The van der Waals surface area contributed by atoms with Crippen LogP contribution >= 0.6 is 0 Å². The Morgan fingerprint density at radius 3 is 2.44 bits per heavy atom. The Labute approximate surface area is 107 Å². The molecule has 98 valence electrons. The van der Waals surface area contributed by atoms with Crippen LogP contribution in [0.3, 0.4) is 0 Å². The van der Waals surface area contributed by atoms with Crippen LogP contribution in [-0.2, 0) is 4.79 Å². The summed E-state index contributed by atoms with van der Waals surface area (Å²) in [7, 11) is 0. The van der Waals surface area contributed by atoms with Crippen LogP contribution in [0.4, 0.5) is 5.69 Å². The molecule has 0 unspecified atom stereocenters. The zero-order chi connectivity index (χ0) is 13.1. The van der Waals surface area contributed by atoms with Crippen molar-refractivity contribution in [3.05, 3.63) is 24.3 Å². The van der Waals surface area contributed by atoms with Crippen molar-refractivity contribution in [2.75, 3.05) is 31.1 Å². The minimum Gasteiger partial charge on any atom is -0.506 e. The second kappa shape index (κ2) is 5.27. The number of benzene rings is 1. The Bertz CT molecular complexity index is 426. The fourth-order valence-electron chi connectivity index (χ4n) is 2.19. The van der Waals surface area contributed by atoms with Gasteiger partial charge in [0.2, 0.25) is 5.91 Å². The lowest BCUT2D eigenvalue weighted by Gasteiger charge is -2.36. The van der Waals surface area contributed by atoms with Gasteiger partial charge in [-0.05, 0) is 19.1 Å². The lowest BCUT2D eigenvalue weighted by molar-refractivity contribution is -0.132. The average Bonchev–Trinajstić information content (AvgIpc) is 2.38. The number of aromatic hydroxyl groups is 1. The maximum Gasteiger partial charge on any atom is 0.239 e. The van der Waals surface area contributed by atoms with Gasteiger partial charge in [0.05, 0.1) is 11.7 Å². The standard InChI is InChI=1S/C13H19N3O2/c1-10(14)13(18)16-8-6-15(7-9-16)11-4-2-3-5-12(11)17/h2-5,10,17H,6-9,14H2,1H3/t10-/m1/s1. The topological polar surface area (TPSA) is 69.8 Å². The van der Waals surface area contributed by atoms with Crippen molar-refractivity contribution in [1.82, 2.24) is 4.90 Å². The van der Waals surface area contributed by atoms with Gasteiger partial charge in [0.15, 0.2) is 0 Å². The van der Waals surface area contributed by atoms with Gasteiger partial charge < -0.3 is 20.6 Å². The first-order chi connectivity index (χ1) is 8.59. The number of para-hydroxylation sites is 2. The van der Waals surface area contributed by atoms with Crippen LogP contribution < -0.4 is 10.6 Å². The van der Waals surface area contributed by atoms with E-state index in [1.54, 1.807) is 24.0 Å². The number of carbonyl (C=O) groups excluding carboxylic acids is 1. The molecule has 1 aliphatic rings. The molecule has 1 aliphatic heterocycles. The van der Waals surface area contributed by atoms with E-state index in [0.29, 0.717) is 13.1 Å². The molecule has 0 radical (unpaired) electrons. The highest BCUT2D eigenvalue weighted by molar-refractivity contribution is 5.81. The fourth-order valence-corrected chi connectivity index (χ4v) is 2.19. The molecular formula is C13H19N3O2. The first-order valence-electron chi connectivity index (χ1n) is 6.17. The van der Waals surface area contributed by atoms with Crippen LogP contribution in [0.5, 0.6) is 5.75 Å². The van der Waals surface area contributed by atoms with E-state index in [2.05, 4.69) is 4.90 Å². The summed E-state index contributed by atoms with van der Waals surface area (Å²) in [6.45, 7) is 4.44. The molecule has 1 saturated heterocycles. The molecule has 18 heavy (non-hydrogen) atoms. The zero-order valence-electron chi connectivity index (χ0n) is 10.5. The Hall–Kier alpha value is -1.75. The normalized spacial score (nSPS) is 17.7. The third-order valence-corrected chi connectivity index (χ3v) is 3.20. The highest BCUT2D eigenvalue weighted by atomic mass is 16.3. The monoisotopic (exact) mass is 249 g/mol. The summed E-state index contributed by atoms with van der Waals surface area (Å²) in [5, 5.41) is 9.78. The minimum absolute atomic E-state index is 0.00747. The van der Waals surface area contributed by atoms with Gasteiger partial charge in [-0.15, -0.1) is 0 Å². The molecule has 5 heteroatoms. The first-order valence-corrected chi connectivity index (χ1v) is 6.17. The number of anilines is 1. The van der Waals surface area contributed by atoms with E-state index in [4.69, 9.17) is 5.73 Å². The van der Waals surface area contributed by atoms with Crippen molar-refractivity contribution >= 4 is 11.6 Å². The van der Waals surface area contributed by atoms with Gasteiger partial charge in [0.25, 0.3) is 0 Å². The summed E-state index contributed by atoms with van der Waals surface area (Å²) in [5.41, 5.74) is 6.42. The number of phenolic OH excluding ortho intramolecular Hbond substituents is 1. The number of amides is 1. The molecule has 1 fully saturated rings. The van der Waals surface area contributed by atoms with Crippen LogP contribution in [0.1, 0.15) is 6.92 Å². The third kappa shape index (κ3) is 2.56. The lowest BCUT2D eigenvalue weighted by Crippen LogP contribution is -2.52. The van der Waals surface area contributed by atoms with Crippen LogP contribution in [0, 0.1) is 0 Å². The molecule has 1 heterocycles.